The number of aromatic amines is 1. The molecule has 0 aromatic carbocycles. The van der Waals surface area contributed by atoms with Gasteiger partial charge in [0.25, 0.3) is 0 Å². The van der Waals surface area contributed by atoms with Crippen LogP contribution in [-0.4, -0.2) is 9.85 Å². The first-order chi connectivity index (χ1) is 3.79. The van der Waals surface area contributed by atoms with Crippen LogP contribution in [0.4, 0.5) is 0 Å². The SMILES string of the molecule is Cc1n[nH+]c(C)pn1. The lowest BCUT2D eigenvalue weighted by Crippen LogP contribution is -2.11. The molecule has 0 atom stereocenters. The van der Waals surface area contributed by atoms with Gasteiger partial charge in [-0.2, -0.15) is 4.75 Å². The fourth-order valence-electron chi connectivity index (χ4n) is 0.354. The van der Waals surface area contributed by atoms with E-state index in [1.54, 1.807) is 0 Å². The predicted molar refractivity (Wildman–Crippen MR) is 30.6 cm³/mol. The summed E-state index contributed by atoms with van der Waals surface area (Å²) < 4.78 is 4.03. The monoisotopic (exact) mass is 128 g/mol. The van der Waals surface area contributed by atoms with Crippen LogP contribution in [0.3, 0.4) is 0 Å². The first-order valence-corrected chi connectivity index (χ1v) is 3.19. The Morgan fingerprint density at radius 1 is 1.50 bits per heavy atom. The van der Waals surface area contributed by atoms with Crippen molar-refractivity contribution < 1.29 is 5.10 Å². The molecule has 1 aromatic rings. The number of nitrogens with one attached hydrogen (secondary N) is 1. The average Bonchev–Trinajstić information content (AvgIpc) is 1.77. The second-order valence-corrected chi connectivity index (χ2v) is 2.63. The molecule has 42 valence electrons. The van der Waals surface area contributed by atoms with E-state index >= 15 is 0 Å². The summed E-state index contributed by atoms with van der Waals surface area (Å²) in [5.41, 5.74) is 1.08. The molecular formula is C4H7N3P+. The van der Waals surface area contributed by atoms with Gasteiger partial charge >= 0.3 is 0 Å². The normalized spacial score (nSPS) is 10.2. The van der Waals surface area contributed by atoms with Gasteiger partial charge in [-0.25, -0.2) is 0 Å². The molecule has 8 heavy (non-hydrogen) atoms. The molecule has 0 radical (unpaired) electrons. The van der Waals surface area contributed by atoms with Crippen molar-refractivity contribution in [3.8, 4) is 0 Å². The standard InChI is InChI=1S/C4H6N3P/c1-3-5-6-4(2)8-7-3/h1-2H3/p+1. The van der Waals surface area contributed by atoms with Gasteiger partial charge in [-0.3, -0.25) is 0 Å². The van der Waals surface area contributed by atoms with Crippen LogP contribution in [0.15, 0.2) is 0 Å². The van der Waals surface area contributed by atoms with Crippen LogP contribution in [0, 0.1) is 13.8 Å². The van der Waals surface area contributed by atoms with E-state index in [-0.39, 0.29) is 0 Å². The summed E-state index contributed by atoms with van der Waals surface area (Å²) in [7, 11) is 0.991. The molecule has 0 saturated heterocycles. The summed E-state index contributed by atoms with van der Waals surface area (Å²) in [5, 5.41) is 6.70. The number of hydrogen-bond donors (Lipinski definition) is 0. The molecule has 0 aliphatic rings. The molecule has 0 saturated carbocycles. The second-order valence-electron chi connectivity index (χ2n) is 1.56. The quantitative estimate of drug-likeness (QED) is 0.510. The lowest BCUT2D eigenvalue weighted by atomic mass is 10.8. The highest BCUT2D eigenvalue weighted by atomic mass is 31.0. The molecule has 0 unspecified atom stereocenters. The van der Waals surface area contributed by atoms with E-state index in [0.29, 0.717) is 0 Å². The zero-order valence-corrected chi connectivity index (χ0v) is 5.74. The minimum Gasteiger partial charge on any atom is -0.200 e. The van der Waals surface area contributed by atoms with Crippen LogP contribution in [0.25, 0.3) is 0 Å². The van der Waals surface area contributed by atoms with Crippen molar-refractivity contribution in [2.75, 3.05) is 0 Å². The third kappa shape index (κ3) is 1.20. The van der Waals surface area contributed by atoms with Crippen molar-refractivity contribution in [3.05, 3.63) is 11.3 Å². The first kappa shape index (κ1) is 5.57. The number of aryl methyl sites for hydroxylation is 2. The number of rotatable bonds is 0. The number of hydrogen-bond acceptors (Lipinski definition) is 2. The maximum Gasteiger partial charge on any atom is 0.246 e. The van der Waals surface area contributed by atoms with Gasteiger partial charge in [0.15, 0.2) is 5.82 Å². The topological polar surface area (TPSA) is 39.9 Å². The van der Waals surface area contributed by atoms with E-state index in [9.17, 15) is 0 Å². The first-order valence-electron chi connectivity index (χ1n) is 2.34. The summed E-state index contributed by atoms with van der Waals surface area (Å²) in [6, 6.07) is 0. The van der Waals surface area contributed by atoms with Crippen molar-refractivity contribution in [3.63, 3.8) is 0 Å². The van der Waals surface area contributed by atoms with Gasteiger partial charge in [0, 0.05) is 18.9 Å². The molecule has 0 aliphatic heterocycles. The van der Waals surface area contributed by atoms with E-state index in [0.717, 1.165) is 19.6 Å². The Kier molecular flexibility index (Phi) is 1.49. The Labute approximate surface area is 49.3 Å². The number of H-pyrrole nitrogens is 1. The molecule has 1 heterocycles. The Morgan fingerprint density at radius 3 is 2.62 bits per heavy atom. The second kappa shape index (κ2) is 2.14. The van der Waals surface area contributed by atoms with Crippen molar-refractivity contribution >= 4 is 8.35 Å². The van der Waals surface area contributed by atoms with Gasteiger partial charge in [0.05, 0.1) is 0 Å². The number of aromatic nitrogens is 3. The zero-order valence-electron chi connectivity index (χ0n) is 4.84. The molecule has 1 aromatic heterocycles. The number of nitrogens with zero attached hydrogens (tertiary/aromatic N) is 2. The highest BCUT2D eigenvalue weighted by Gasteiger charge is 1.92. The molecule has 0 bridgehead atoms. The van der Waals surface area contributed by atoms with Crippen molar-refractivity contribution in [2.24, 2.45) is 0 Å². The Hall–Kier alpha value is -0.560. The van der Waals surface area contributed by atoms with Crippen LogP contribution < -0.4 is 5.10 Å². The lowest BCUT2D eigenvalue weighted by Gasteiger charge is -1.78. The average molecular weight is 128 g/mol. The van der Waals surface area contributed by atoms with Crippen LogP contribution in [0.5, 0.6) is 0 Å². The summed E-state index contributed by atoms with van der Waals surface area (Å²) in [4.78, 5) is 0. The zero-order chi connectivity index (χ0) is 5.98. The summed E-state index contributed by atoms with van der Waals surface area (Å²) in [6.45, 7) is 3.83. The van der Waals surface area contributed by atoms with Gasteiger partial charge in [-0.15, -0.1) is 0 Å². The van der Waals surface area contributed by atoms with Crippen molar-refractivity contribution in [1.29, 1.82) is 0 Å². The minimum absolute atomic E-state index is 0.817. The van der Waals surface area contributed by atoms with Gasteiger partial charge in [0.1, 0.15) is 8.35 Å². The Balaban J connectivity index is 3.03. The third-order valence-corrected chi connectivity index (χ3v) is 1.51. The van der Waals surface area contributed by atoms with Crippen molar-refractivity contribution in [2.45, 2.75) is 13.8 Å². The fraction of sp³-hybridized carbons (Fsp3) is 0.500. The molecule has 3 nitrogen and oxygen atoms in total. The van der Waals surface area contributed by atoms with Gasteiger partial charge in [0.2, 0.25) is 5.43 Å². The third-order valence-electron chi connectivity index (χ3n) is 0.724. The molecular weight excluding hydrogens is 121 g/mol. The maximum atomic E-state index is 4.03. The molecule has 1 rings (SSSR count). The summed E-state index contributed by atoms with van der Waals surface area (Å²) in [6.07, 6.45) is 0. The van der Waals surface area contributed by atoms with Crippen LogP contribution in [-0.2, 0) is 0 Å². The van der Waals surface area contributed by atoms with E-state index in [1.807, 2.05) is 13.8 Å². The smallest absolute Gasteiger partial charge is 0.200 e. The van der Waals surface area contributed by atoms with E-state index in [1.165, 1.54) is 0 Å². The Bertz CT molecular complexity index is 150. The highest BCUT2D eigenvalue weighted by Crippen LogP contribution is 1.97. The summed E-state index contributed by atoms with van der Waals surface area (Å²) in [5.74, 6) is 0.817. The lowest BCUT2D eigenvalue weighted by molar-refractivity contribution is -0.460. The minimum atomic E-state index is 0.817. The van der Waals surface area contributed by atoms with E-state index in [2.05, 4.69) is 14.9 Å². The van der Waals surface area contributed by atoms with Gasteiger partial charge < -0.3 is 0 Å². The van der Waals surface area contributed by atoms with Crippen LogP contribution in [0.2, 0.25) is 0 Å². The van der Waals surface area contributed by atoms with Crippen LogP contribution in [0.1, 0.15) is 11.3 Å². The predicted octanol–water partition coefficient (Wildman–Crippen LogP) is 0.488. The van der Waals surface area contributed by atoms with Crippen molar-refractivity contribution in [1.82, 2.24) is 9.85 Å². The van der Waals surface area contributed by atoms with Crippen LogP contribution >= 0.6 is 8.35 Å². The Morgan fingerprint density at radius 2 is 2.25 bits per heavy atom. The van der Waals surface area contributed by atoms with Gasteiger partial charge in [-0.1, -0.05) is 5.10 Å². The fourth-order valence-corrected chi connectivity index (χ4v) is 0.788. The molecule has 0 aliphatic carbocycles. The summed E-state index contributed by atoms with van der Waals surface area (Å²) >= 11 is 0. The molecule has 4 heteroatoms. The van der Waals surface area contributed by atoms with Gasteiger partial charge in [-0.05, 0) is 0 Å². The maximum absolute atomic E-state index is 4.03. The molecule has 0 fully saturated rings. The highest BCUT2D eigenvalue weighted by molar-refractivity contribution is 7.25. The molecule has 0 spiro atoms. The van der Waals surface area contributed by atoms with E-state index in [4.69, 9.17) is 0 Å². The largest absolute Gasteiger partial charge is 0.246 e. The molecule has 0 amide bonds. The molecule has 1 N–H and O–H groups in total. The van der Waals surface area contributed by atoms with E-state index < -0.39 is 0 Å².